The fourth-order valence-corrected chi connectivity index (χ4v) is 6.90. The first-order valence-corrected chi connectivity index (χ1v) is 13.6. The first-order chi connectivity index (χ1) is 15.0. The Bertz CT molecular complexity index is 1170. The number of methoxy groups -OCH3 is 1. The van der Waals surface area contributed by atoms with Gasteiger partial charge < -0.3 is 9.64 Å². The van der Waals surface area contributed by atoms with E-state index >= 15 is 0 Å². The SMILES string of the molecule is COCCN(C(=O)CSc1nc(-c2cccs2)nc2ccccc12)[C@@H]1CCS(=O)(=O)C1. The molecular weight excluding hydrogens is 454 g/mol. The van der Waals surface area contributed by atoms with Gasteiger partial charge in [0.1, 0.15) is 5.03 Å². The van der Waals surface area contributed by atoms with Gasteiger partial charge in [0.25, 0.3) is 0 Å². The maximum absolute atomic E-state index is 13.1. The topological polar surface area (TPSA) is 89.5 Å². The summed E-state index contributed by atoms with van der Waals surface area (Å²) in [5.41, 5.74) is 0.828. The molecule has 1 aliphatic heterocycles. The number of hydrogen-bond acceptors (Lipinski definition) is 8. The zero-order valence-corrected chi connectivity index (χ0v) is 19.5. The van der Waals surface area contributed by atoms with Crippen LogP contribution in [0.15, 0.2) is 46.8 Å². The van der Waals surface area contributed by atoms with E-state index in [0.29, 0.717) is 25.4 Å². The van der Waals surface area contributed by atoms with Crippen molar-refractivity contribution >= 4 is 49.7 Å². The van der Waals surface area contributed by atoms with Gasteiger partial charge in [-0.3, -0.25) is 4.79 Å². The van der Waals surface area contributed by atoms with Crippen LogP contribution < -0.4 is 0 Å². The molecule has 0 unspecified atom stereocenters. The molecule has 0 N–H and O–H groups in total. The van der Waals surface area contributed by atoms with Crippen molar-refractivity contribution in [2.75, 3.05) is 37.5 Å². The van der Waals surface area contributed by atoms with E-state index in [9.17, 15) is 13.2 Å². The Morgan fingerprint density at radius 2 is 2.10 bits per heavy atom. The number of rotatable bonds is 8. The van der Waals surface area contributed by atoms with E-state index in [1.165, 1.54) is 11.8 Å². The number of aromatic nitrogens is 2. The van der Waals surface area contributed by atoms with Crippen LogP contribution in [0.2, 0.25) is 0 Å². The molecule has 164 valence electrons. The molecule has 1 amide bonds. The molecule has 10 heteroatoms. The van der Waals surface area contributed by atoms with Crippen LogP contribution in [0.25, 0.3) is 21.6 Å². The number of sulfone groups is 1. The van der Waals surface area contributed by atoms with E-state index in [1.54, 1.807) is 23.3 Å². The average Bonchev–Trinajstić information content (AvgIpc) is 3.42. The second-order valence-corrected chi connectivity index (χ2v) is 11.4. The molecule has 4 rings (SSSR count). The smallest absolute Gasteiger partial charge is 0.233 e. The van der Waals surface area contributed by atoms with Gasteiger partial charge in [-0.15, -0.1) is 11.3 Å². The van der Waals surface area contributed by atoms with E-state index in [-0.39, 0.29) is 29.2 Å². The Morgan fingerprint density at radius 1 is 1.26 bits per heavy atom. The highest BCUT2D eigenvalue weighted by atomic mass is 32.2. The van der Waals surface area contributed by atoms with Gasteiger partial charge in [0.2, 0.25) is 5.91 Å². The summed E-state index contributed by atoms with van der Waals surface area (Å²) in [4.78, 5) is 25.1. The van der Waals surface area contributed by atoms with Crippen molar-refractivity contribution in [2.45, 2.75) is 17.5 Å². The van der Waals surface area contributed by atoms with Crippen LogP contribution in [-0.4, -0.2) is 72.8 Å². The zero-order chi connectivity index (χ0) is 21.8. The Balaban J connectivity index is 1.56. The molecule has 0 radical (unpaired) electrons. The van der Waals surface area contributed by atoms with Crippen LogP contribution >= 0.6 is 23.1 Å². The molecule has 7 nitrogen and oxygen atoms in total. The second-order valence-electron chi connectivity index (χ2n) is 7.27. The monoisotopic (exact) mass is 477 g/mol. The third-order valence-electron chi connectivity index (χ3n) is 5.15. The lowest BCUT2D eigenvalue weighted by molar-refractivity contribution is -0.130. The summed E-state index contributed by atoms with van der Waals surface area (Å²) >= 11 is 2.93. The number of nitrogens with zero attached hydrogens (tertiary/aromatic N) is 3. The van der Waals surface area contributed by atoms with E-state index in [4.69, 9.17) is 9.72 Å². The molecule has 3 aromatic rings. The van der Waals surface area contributed by atoms with Crippen molar-refractivity contribution in [2.24, 2.45) is 0 Å². The van der Waals surface area contributed by atoms with E-state index < -0.39 is 9.84 Å². The molecule has 0 aliphatic carbocycles. The minimum absolute atomic E-state index is 0.0199. The summed E-state index contributed by atoms with van der Waals surface area (Å²) in [7, 11) is -1.52. The molecule has 0 bridgehead atoms. The molecule has 1 aromatic carbocycles. The number of ether oxygens (including phenoxy) is 1. The molecular formula is C21H23N3O4S3. The summed E-state index contributed by atoms with van der Waals surface area (Å²) in [5, 5.41) is 3.62. The zero-order valence-electron chi connectivity index (χ0n) is 17.1. The maximum Gasteiger partial charge on any atom is 0.233 e. The molecule has 31 heavy (non-hydrogen) atoms. The number of thioether (sulfide) groups is 1. The number of thiophene rings is 1. The Hall–Kier alpha value is -2.01. The molecule has 2 aromatic heterocycles. The summed E-state index contributed by atoms with van der Waals surface area (Å²) in [6.45, 7) is 0.743. The highest BCUT2D eigenvalue weighted by Crippen LogP contribution is 2.30. The molecule has 1 aliphatic rings. The molecule has 1 atom stereocenters. The standard InChI is InChI=1S/C21H23N3O4S3/c1-28-10-9-24(15-8-12-31(26,27)14-15)19(25)13-30-21-16-5-2-3-6-17(16)22-20(23-21)18-7-4-11-29-18/h2-7,11,15H,8-10,12-14H2,1H3/t15-/m1/s1. The quantitative estimate of drug-likeness (QED) is 0.364. The van der Waals surface area contributed by atoms with E-state index in [2.05, 4.69) is 4.98 Å². The molecule has 1 saturated heterocycles. The van der Waals surface area contributed by atoms with Crippen LogP contribution in [0.1, 0.15) is 6.42 Å². The Morgan fingerprint density at radius 3 is 2.81 bits per heavy atom. The highest BCUT2D eigenvalue weighted by Gasteiger charge is 2.34. The van der Waals surface area contributed by atoms with Crippen LogP contribution in [0.3, 0.4) is 0 Å². The lowest BCUT2D eigenvalue weighted by atomic mass is 10.2. The van der Waals surface area contributed by atoms with Crippen molar-refractivity contribution in [3.8, 4) is 10.7 Å². The molecule has 3 heterocycles. The fraction of sp³-hybridized carbons (Fsp3) is 0.381. The number of fused-ring (bicyclic) bond motifs is 1. The minimum atomic E-state index is -3.09. The Labute approximate surface area is 189 Å². The van der Waals surface area contributed by atoms with E-state index in [0.717, 1.165) is 20.8 Å². The van der Waals surface area contributed by atoms with Crippen molar-refractivity contribution in [1.82, 2.24) is 14.9 Å². The Kier molecular flexibility index (Phi) is 6.90. The van der Waals surface area contributed by atoms with Crippen LogP contribution in [0.5, 0.6) is 0 Å². The first kappa shape index (κ1) is 22.2. The second kappa shape index (κ2) is 9.64. The summed E-state index contributed by atoms with van der Waals surface area (Å²) in [5.74, 6) is 0.853. The van der Waals surface area contributed by atoms with Crippen LogP contribution in [0, 0.1) is 0 Å². The number of benzene rings is 1. The van der Waals surface area contributed by atoms with Gasteiger partial charge in [0.05, 0.1) is 34.3 Å². The predicted octanol–water partition coefficient (Wildman–Crippen LogP) is 3.11. The van der Waals surface area contributed by atoms with Crippen molar-refractivity contribution in [1.29, 1.82) is 0 Å². The largest absolute Gasteiger partial charge is 0.383 e. The van der Waals surface area contributed by atoms with E-state index in [1.807, 2.05) is 41.8 Å². The number of carbonyl (C=O) groups excluding carboxylic acids is 1. The maximum atomic E-state index is 13.1. The number of para-hydroxylation sites is 1. The molecule has 0 saturated carbocycles. The van der Waals surface area contributed by atoms with Crippen molar-refractivity contribution in [3.63, 3.8) is 0 Å². The van der Waals surface area contributed by atoms with Gasteiger partial charge in [0, 0.05) is 25.1 Å². The van der Waals surface area contributed by atoms with Gasteiger partial charge in [-0.25, -0.2) is 18.4 Å². The summed E-state index contributed by atoms with van der Waals surface area (Å²) < 4.78 is 29.0. The highest BCUT2D eigenvalue weighted by molar-refractivity contribution is 8.00. The summed E-state index contributed by atoms with van der Waals surface area (Å²) in [6, 6.07) is 11.4. The number of carbonyl (C=O) groups is 1. The minimum Gasteiger partial charge on any atom is -0.383 e. The van der Waals surface area contributed by atoms with Gasteiger partial charge in [-0.2, -0.15) is 0 Å². The average molecular weight is 478 g/mol. The van der Waals surface area contributed by atoms with Crippen LogP contribution in [0.4, 0.5) is 0 Å². The predicted molar refractivity (Wildman–Crippen MR) is 124 cm³/mol. The number of amides is 1. The third kappa shape index (κ3) is 5.25. The van der Waals surface area contributed by atoms with Crippen LogP contribution in [-0.2, 0) is 19.4 Å². The van der Waals surface area contributed by atoms with Crippen molar-refractivity contribution < 1.29 is 17.9 Å². The number of hydrogen-bond donors (Lipinski definition) is 0. The van der Waals surface area contributed by atoms with Gasteiger partial charge in [-0.05, 0) is 23.9 Å². The van der Waals surface area contributed by atoms with Crippen molar-refractivity contribution in [3.05, 3.63) is 41.8 Å². The lowest BCUT2D eigenvalue weighted by Crippen LogP contribution is -2.44. The fourth-order valence-electron chi connectivity index (χ4n) is 3.61. The van der Waals surface area contributed by atoms with Gasteiger partial charge in [0.15, 0.2) is 15.7 Å². The van der Waals surface area contributed by atoms with Gasteiger partial charge >= 0.3 is 0 Å². The molecule has 1 fully saturated rings. The lowest BCUT2D eigenvalue weighted by Gasteiger charge is -2.28. The normalized spacial score (nSPS) is 17.8. The summed E-state index contributed by atoms with van der Waals surface area (Å²) in [6.07, 6.45) is 0.474. The first-order valence-electron chi connectivity index (χ1n) is 9.89. The van der Waals surface area contributed by atoms with Gasteiger partial charge in [-0.1, -0.05) is 36.0 Å². The third-order valence-corrected chi connectivity index (χ3v) is 8.74. The molecule has 0 spiro atoms.